The van der Waals surface area contributed by atoms with Crippen LogP contribution in [0.25, 0.3) is 0 Å². The van der Waals surface area contributed by atoms with Crippen molar-refractivity contribution in [2.75, 3.05) is 17.1 Å². The van der Waals surface area contributed by atoms with Crippen molar-refractivity contribution in [2.24, 2.45) is 0 Å². The predicted molar refractivity (Wildman–Crippen MR) is 65.7 cm³/mol. The number of sulfonamides is 1. The highest BCUT2D eigenvalue weighted by atomic mass is 35.5. The van der Waals surface area contributed by atoms with E-state index < -0.39 is 16.0 Å². The van der Waals surface area contributed by atoms with Gasteiger partial charge in [-0.3, -0.25) is 9.52 Å². The largest absolute Gasteiger partial charge is 0.466 e. The summed E-state index contributed by atoms with van der Waals surface area (Å²) >= 11 is 5.58. The van der Waals surface area contributed by atoms with Crippen LogP contribution >= 0.6 is 11.6 Å². The minimum absolute atomic E-state index is 0.0545. The van der Waals surface area contributed by atoms with E-state index in [1.807, 2.05) is 0 Å². The zero-order valence-corrected chi connectivity index (χ0v) is 11.2. The van der Waals surface area contributed by atoms with E-state index in [0.717, 1.165) is 6.33 Å². The highest BCUT2D eigenvalue weighted by molar-refractivity contribution is 7.92. The molecule has 0 aliphatic carbocycles. The van der Waals surface area contributed by atoms with Crippen LogP contribution in [0.5, 0.6) is 0 Å². The Morgan fingerprint density at radius 2 is 2.22 bits per heavy atom. The summed E-state index contributed by atoms with van der Waals surface area (Å²) in [5.41, 5.74) is 0. The molecule has 0 fully saturated rings. The van der Waals surface area contributed by atoms with Gasteiger partial charge in [-0.05, 0) is 6.92 Å². The molecular formula is C9H12ClN3O4S. The maximum absolute atomic E-state index is 11.6. The molecule has 1 rings (SSSR count). The summed E-state index contributed by atoms with van der Waals surface area (Å²) in [6, 6.07) is 1.27. The van der Waals surface area contributed by atoms with Gasteiger partial charge < -0.3 is 4.74 Å². The second-order valence-electron chi connectivity index (χ2n) is 3.20. The Hall–Kier alpha value is -1.41. The quantitative estimate of drug-likeness (QED) is 0.616. The van der Waals surface area contributed by atoms with Gasteiger partial charge in [0.15, 0.2) is 0 Å². The van der Waals surface area contributed by atoms with Crippen LogP contribution in [0.4, 0.5) is 5.82 Å². The lowest BCUT2D eigenvalue weighted by atomic mass is 10.5. The molecule has 0 saturated carbocycles. The second-order valence-corrected chi connectivity index (χ2v) is 5.43. The maximum atomic E-state index is 11.6. The van der Waals surface area contributed by atoms with E-state index in [9.17, 15) is 13.2 Å². The molecule has 0 bridgehead atoms. The molecule has 0 amide bonds. The number of carbonyl (C=O) groups is 1. The molecule has 0 unspecified atom stereocenters. The summed E-state index contributed by atoms with van der Waals surface area (Å²) in [7, 11) is -3.66. The molecule has 0 aliphatic rings. The van der Waals surface area contributed by atoms with Gasteiger partial charge in [-0.25, -0.2) is 18.4 Å². The lowest BCUT2D eigenvalue weighted by Gasteiger charge is -2.06. The van der Waals surface area contributed by atoms with E-state index in [-0.39, 0.29) is 29.8 Å². The Morgan fingerprint density at radius 1 is 1.50 bits per heavy atom. The third-order valence-electron chi connectivity index (χ3n) is 1.77. The van der Waals surface area contributed by atoms with Gasteiger partial charge >= 0.3 is 5.97 Å². The van der Waals surface area contributed by atoms with E-state index in [1.165, 1.54) is 6.07 Å². The number of rotatable bonds is 6. The molecule has 0 saturated heterocycles. The first kappa shape index (κ1) is 14.7. The van der Waals surface area contributed by atoms with Crippen LogP contribution in [0.1, 0.15) is 13.3 Å². The van der Waals surface area contributed by atoms with Crippen molar-refractivity contribution in [3.05, 3.63) is 17.5 Å². The van der Waals surface area contributed by atoms with Gasteiger partial charge in [0.1, 0.15) is 17.3 Å². The Kier molecular flexibility index (Phi) is 5.29. The first-order valence-electron chi connectivity index (χ1n) is 5.06. The third-order valence-corrected chi connectivity index (χ3v) is 3.24. The van der Waals surface area contributed by atoms with Gasteiger partial charge in [0, 0.05) is 6.07 Å². The third kappa shape index (κ3) is 5.28. The number of nitrogens with zero attached hydrogens (tertiary/aromatic N) is 2. The molecule has 18 heavy (non-hydrogen) atoms. The number of aromatic nitrogens is 2. The van der Waals surface area contributed by atoms with Crippen LogP contribution in [0.2, 0.25) is 5.15 Å². The minimum Gasteiger partial charge on any atom is -0.466 e. The first-order chi connectivity index (χ1) is 8.43. The number of carbonyl (C=O) groups excluding carboxylic acids is 1. The first-order valence-corrected chi connectivity index (χ1v) is 7.09. The van der Waals surface area contributed by atoms with E-state index in [2.05, 4.69) is 19.4 Å². The summed E-state index contributed by atoms with van der Waals surface area (Å²) in [6.45, 7) is 1.86. The minimum atomic E-state index is -3.66. The van der Waals surface area contributed by atoms with Gasteiger partial charge in [-0.15, -0.1) is 0 Å². The number of esters is 1. The van der Waals surface area contributed by atoms with Gasteiger partial charge in [0.2, 0.25) is 10.0 Å². The molecule has 0 atom stereocenters. The SMILES string of the molecule is CCOC(=O)CCS(=O)(=O)Nc1cc(Cl)ncn1. The molecule has 1 heterocycles. The fraction of sp³-hybridized carbons (Fsp3) is 0.444. The van der Waals surface area contributed by atoms with Gasteiger partial charge in [-0.2, -0.15) is 0 Å². The van der Waals surface area contributed by atoms with Crippen LogP contribution < -0.4 is 4.72 Å². The van der Waals surface area contributed by atoms with Crippen LogP contribution in [0.3, 0.4) is 0 Å². The smallest absolute Gasteiger partial charge is 0.306 e. The Morgan fingerprint density at radius 3 is 2.83 bits per heavy atom. The van der Waals surface area contributed by atoms with Crippen molar-refractivity contribution >= 4 is 33.4 Å². The summed E-state index contributed by atoms with van der Waals surface area (Å²) < 4.78 is 30.0. The predicted octanol–water partition coefficient (Wildman–Crippen LogP) is 0.825. The van der Waals surface area contributed by atoms with Gasteiger partial charge in [-0.1, -0.05) is 11.6 Å². The van der Waals surface area contributed by atoms with Crippen LogP contribution in [-0.4, -0.2) is 36.7 Å². The van der Waals surface area contributed by atoms with Gasteiger partial charge in [0.05, 0.1) is 18.8 Å². The molecule has 0 spiro atoms. The average molecular weight is 294 g/mol. The second kappa shape index (κ2) is 6.50. The summed E-state index contributed by atoms with van der Waals surface area (Å²) in [5.74, 6) is -0.893. The lowest BCUT2D eigenvalue weighted by molar-refractivity contribution is -0.142. The van der Waals surface area contributed by atoms with Crippen molar-refractivity contribution in [3.8, 4) is 0 Å². The molecule has 100 valence electrons. The Labute approximate surface area is 110 Å². The van der Waals surface area contributed by atoms with E-state index >= 15 is 0 Å². The van der Waals surface area contributed by atoms with E-state index in [1.54, 1.807) is 6.92 Å². The molecule has 1 aromatic heterocycles. The van der Waals surface area contributed by atoms with Gasteiger partial charge in [0.25, 0.3) is 0 Å². The van der Waals surface area contributed by atoms with Crippen molar-refractivity contribution < 1.29 is 17.9 Å². The molecule has 0 aromatic carbocycles. The van der Waals surface area contributed by atoms with Crippen LogP contribution in [0, 0.1) is 0 Å². The normalized spacial score (nSPS) is 11.0. The summed E-state index contributed by atoms with van der Waals surface area (Å²) in [4.78, 5) is 18.3. The zero-order valence-electron chi connectivity index (χ0n) is 9.59. The van der Waals surface area contributed by atoms with Crippen molar-refractivity contribution in [2.45, 2.75) is 13.3 Å². The molecule has 9 heteroatoms. The van der Waals surface area contributed by atoms with E-state index in [4.69, 9.17) is 11.6 Å². The summed E-state index contributed by atoms with van der Waals surface area (Å²) in [6.07, 6.45) is 0.910. The highest BCUT2D eigenvalue weighted by Crippen LogP contribution is 2.10. The molecular weight excluding hydrogens is 282 g/mol. The van der Waals surface area contributed by atoms with Crippen molar-refractivity contribution in [3.63, 3.8) is 0 Å². The van der Waals surface area contributed by atoms with Crippen LogP contribution in [0.15, 0.2) is 12.4 Å². The standard InChI is InChI=1S/C9H12ClN3O4S/c1-2-17-9(14)3-4-18(15,16)13-8-5-7(10)11-6-12-8/h5-6H,2-4H2,1H3,(H,11,12,13). The number of ether oxygens (including phenoxy) is 1. The zero-order chi connectivity index (χ0) is 13.6. The van der Waals surface area contributed by atoms with E-state index in [0.29, 0.717) is 0 Å². The molecule has 1 aromatic rings. The molecule has 0 radical (unpaired) electrons. The fourth-order valence-corrected chi connectivity index (χ4v) is 2.17. The molecule has 1 N–H and O–H groups in total. The number of hydrogen-bond donors (Lipinski definition) is 1. The average Bonchev–Trinajstić information content (AvgIpc) is 2.26. The highest BCUT2D eigenvalue weighted by Gasteiger charge is 2.14. The number of hydrogen-bond acceptors (Lipinski definition) is 6. The molecule has 0 aliphatic heterocycles. The monoisotopic (exact) mass is 293 g/mol. The Bertz CT molecular complexity index is 520. The Balaban J connectivity index is 2.57. The number of halogens is 1. The van der Waals surface area contributed by atoms with Crippen molar-refractivity contribution in [1.82, 2.24) is 9.97 Å². The van der Waals surface area contributed by atoms with Crippen LogP contribution in [-0.2, 0) is 19.6 Å². The molecule has 7 nitrogen and oxygen atoms in total. The summed E-state index contributed by atoms with van der Waals surface area (Å²) in [5, 5.41) is 0.119. The maximum Gasteiger partial charge on any atom is 0.306 e. The topological polar surface area (TPSA) is 98.2 Å². The number of nitrogens with one attached hydrogen (secondary N) is 1. The van der Waals surface area contributed by atoms with Crippen molar-refractivity contribution in [1.29, 1.82) is 0 Å². The lowest BCUT2D eigenvalue weighted by Crippen LogP contribution is -2.20. The fourth-order valence-electron chi connectivity index (χ4n) is 1.05. The number of anilines is 1.